The highest BCUT2D eigenvalue weighted by atomic mass is 35.5. The molecule has 1 aliphatic rings. The zero-order valence-corrected chi connectivity index (χ0v) is 11.7. The Hall–Kier alpha value is -2.53. The van der Waals surface area contributed by atoms with E-state index in [0.717, 1.165) is 12.1 Å². The summed E-state index contributed by atoms with van der Waals surface area (Å²) in [5.74, 6) is -3.06. The number of carbonyl (C=O) groups excluding carboxylic acids is 2. The number of anilines is 1. The van der Waals surface area contributed by atoms with E-state index >= 15 is 0 Å². The van der Waals surface area contributed by atoms with Crippen molar-refractivity contribution in [3.05, 3.63) is 76.0 Å². The highest BCUT2D eigenvalue weighted by Crippen LogP contribution is 2.29. The molecule has 0 fully saturated rings. The van der Waals surface area contributed by atoms with Crippen LogP contribution >= 0.6 is 11.6 Å². The molecule has 0 aromatic heterocycles. The number of allylic oxidation sites excluding steroid dienone is 2. The van der Waals surface area contributed by atoms with Gasteiger partial charge in [-0.25, -0.2) is 8.78 Å². The van der Waals surface area contributed by atoms with E-state index in [9.17, 15) is 18.4 Å². The van der Waals surface area contributed by atoms with E-state index in [0.29, 0.717) is 0 Å². The lowest BCUT2D eigenvalue weighted by atomic mass is 9.92. The van der Waals surface area contributed by atoms with Crippen LogP contribution < -0.4 is 5.32 Å². The van der Waals surface area contributed by atoms with Gasteiger partial charge in [-0.05, 0) is 12.1 Å². The van der Waals surface area contributed by atoms with Crippen LogP contribution in [-0.2, 0) is 0 Å². The molecule has 3 nitrogen and oxygen atoms in total. The summed E-state index contributed by atoms with van der Waals surface area (Å²) in [7, 11) is 0. The molecule has 2 aromatic carbocycles. The van der Waals surface area contributed by atoms with Gasteiger partial charge in [0.1, 0.15) is 10.7 Å². The first-order valence-corrected chi connectivity index (χ1v) is 6.67. The summed E-state index contributed by atoms with van der Waals surface area (Å²) >= 11 is 5.96. The van der Waals surface area contributed by atoms with Crippen molar-refractivity contribution in [3.63, 3.8) is 0 Å². The molecule has 2 aromatic rings. The van der Waals surface area contributed by atoms with E-state index < -0.39 is 23.2 Å². The quantitative estimate of drug-likeness (QED) is 0.913. The van der Waals surface area contributed by atoms with Crippen LogP contribution in [0.2, 0.25) is 0 Å². The Morgan fingerprint density at radius 1 is 0.864 bits per heavy atom. The third-order valence-corrected chi connectivity index (χ3v) is 3.61. The van der Waals surface area contributed by atoms with E-state index in [1.807, 2.05) is 0 Å². The summed E-state index contributed by atoms with van der Waals surface area (Å²) in [4.78, 5) is 24.6. The number of hydrogen-bond donors (Lipinski definition) is 1. The number of nitrogens with one attached hydrogen (secondary N) is 1. The first-order chi connectivity index (χ1) is 10.5. The van der Waals surface area contributed by atoms with Crippen LogP contribution in [0.15, 0.2) is 53.2 Å². The molecule has 22 heavy (non-hydrogen) atoms. The molecule has 0 atom stereocenters. The fraction of sp³-hybridized carbons (Fsp3) is 0. The predicted molar refractivity (Wildman–Crippen MR) is 78.0 cm³/mol. The van der Waals surface area contributed by atoms with E-state index in [1.54, 1.807) is 12.1 Å². The molecule has 1 aliphatic carbocycles. The summed E-state index contributed by atoms with van der Waals surface area (Å²) in [6.45, 7) is 0. The molecule has 0 amide bonds. The van der Waals surface area contributed by atoms with Crippen molar-refractivity contribution in [1.82, 2.24) is 0 Å². The molecular weight excluding hydrogens is 312 g/mol. The summed E-state index contributed by atoms with van der Waals surface area (Å²) in [6, 6.07) is 9.30. The lowest BCUT2D eigenvalue weighted by Gasteiger charge is -2.18. The second-order valence-electron chi connectivity index (χ2n) is 4.65. The first-order valence-electron chi connectivity index (χ1n) is 6.29. The smallest absolute Gasteiger partial charge is 0.211 e. The van der Waals surface area contributed by atoms with Gasteiger partial charge in [0, 0.05) is 22.9 Å². The van der Waals surface area contributed by atoms with Gasteiger partial charge >= 0.3 is 0 Å². The molecule has 0 radical (unpaired) electrons. The predicted octanol–water partition coefficient (Wildman–Crippen LogP) is 3.91. The van der Waals surface area contributed by atoms with Crippen molar-refractivity contribution < 1.29 is 18.4 Å². The van der Waals surface area contributed by atoms with Gasteiger partial charge in [0.05, 0.1) is 0 Å². The average molecular weight is 320 g/mol. The van der Waals surface area contributed by atoms with E-state index in [1.165, 1.54) is 18.2 Å². The van der Waals surface area contributed by atoms with Gasteiger partial charge in [0.25, 0.3) is 0 Å². The normalized spacial score (nSPS) is 14.1. The number of carbonyl (C=O) groups is 2. The lowest BCUT2D eigenvalue weighted by molar-refractivity contribution is 0.0982. The highest BCUT2D eigenvalue weighted by Gasteiger charge is 2.31. The molecule has 0 spiro atoms. The Kier molecular flexibility index (Phi) is 3.50. The van der Waals surface area contributed by atoms with Crippen LogP contribution in [0, 0.1) is 11.6 Å². The molecule has 1 N–H and O–H groups in total. The third-order valence-electron chi connectivity index (χ3n) is 3.25. The Morgan fingerprint density at radius 3 is 2.14 bits per heavy atom. The van der Waals surface area contributed by atoms with Crippen LogP contribution in [-0.4, -0.2) is 11.6 Å². The van der Waals surface area contributed by atoms with Gasteiger partial charge in [-0.15, -0.1) is 0 Å². The lowest BCUT2D eigenvalue weighted by Crippen LogP contribution is -2.24. The van der Waals surface area contributed by atoms with Crippen molar-refractivity contribution in [2.24, 2.45) is 0 Å². The molecule has 3 rings (SSSR count). The maximum atomic E-state index is 13.2. The maximum Gasteiger partial charge on any atom is 0.211 e. The fourth-order valence-corrected chi connectivity index (χ4v) is 2.41. The molecule has 6 heteroatoms. The van der Waals surface area contributed by atoms with Crippen LogP contribution in [0.3, 0.4) is 0 Å². The highest BCUT2D eigenvalue weighted by molar-refractivity contribution is 6.50. The van der Waals surface area contributed by atoms with Gasteiger partial charge in [0.15, 0.2) is 11.6 Å². The largest absolute Gasteiger partial charge is 0.351 e. The van der Waals surface area contributed by atoms with Crippen molar-refractivity contribution in [2.45, 2.75) is 0 Å². The zero-order valence-electron chi connectivity index (χ0n) is 11.0. The maximum absolute atomic E-state index is 13.2. The molecule has 0 unspecified atom stereocenters. The van der Waals surface area contributed by atoms with E-state index in [4.69, 9.17) is 11.6 Å². The summed E-state index contributed by atoms with van der Waals surface area (Å²) in [6.07, 6.45) is 0. The number of Topliss-reactive ketones (excluding diaryl/α,β-unsaturated/α-hetero) is 2. The number of rotatable bonds is 2. The van der Waals surface area contributed by atoms with Crippen molar-refractivity contribution in [1.29, 1.82) is 0 Å². The zero-order chi connectivity index (χ0) is 15.9. The minimum absolute atomic E-state index is 0.118. The molecule has 0 saturated carbocycles. The molecular formula is C16H8ClF2NO2. The summed E-state index contributed by atoms with van der Waals surface area (Å²) in [5.41, 5.74) is 0.388. The second-order valence-corrected chi connectivity index (χ2v) is 5.02. The summed E-state index contributed by atoms with van der Waals surface area (Å²) in [5, 5.41) is 2.31. The van der Waals surface area contributed by atoms with Crippen LogP contribution in [0.1, 0.15) is 20.7 Å². The Balaban J connectivity index is 2.03. The molecule has 0 bridgehead atoms. The van der Waals surface area contributed by atoms with Crippen molar-refractivity contribution >= 4 is 28.9 Å². The molecule has 0 aliphatic heterocycles. The SMILES string of the molecule is O=C1C(Cl)=C(Nc2ccc(F)c(F)c2)C(=O)c2ccccc21. The number of halogens is 3. The van der Waals surface area contributed by atoms with Gasteiger partial charge in [-0.3, -0.25) is 9.59 Å². The Morgan fingerprint density at radius 2 is 1.50 bits per heavy atom. The standard InChI is InChI=1S/C16H8ClF2NO2/c17-13-14(20-8-5-6-11(18)12(19)7-8)16(22)10-4-2-1-3-9(10)15(13)21/h1-7,20H. The fourth-order valence-electron chi connectivity index (χ4n) is 2.18. The number of fused-ring (bicyclic) bond motifs is 1. The number of hydrogen-bond acceptors (Lipinski definition) is 3. The van der Waals surface area contributed by atoms with E-state index in [-0.39, 0.29) is 27.5 Å². The van der Waals surface area contributed by atoms with Crippen LogP contribution in [0.25, 0.3) is 0 Å². The van der Waals surface area contributed by atoms with E-state index in [2.05, 4.69) is 5.32 Å². The molecule has 110 valence electrons. The summed E-state index contributed by atoms with van der Waals surface area (Å²) < 4.78 is 26.2. The topological polar surface area (TPSA) is 46.2 Å². The van der Waals surface area contributed by atoms with Gasteiger partial charge in [-0.1, -0.05) is 35.9 Å². The van der Waals surface area contributed by atoms with Gasteiger partial charge in [0.2, 0.25) is 11.6 Å². The van der Waals surface area contributed by atoms with Gasteiger partial charge in [-0.2, -0.15) is 0 Å². The van der Waals surface area contributed by atoms with Crippen molar-refractivity contribution in [3.8, 4) is 0 Å². The Labute approximate surface area is 129 Å². The Bertz CT molecular complexity index is 846. The molecule has 0 saturated heterocycles. The van der Waals surface area contributed by atoms with Crippen LogP contribution in [0.5, 0.6) is 0 Å². The number of ketones is 2. The van der Waals surface area contributed by atoms with Crippen molar-refractivity contribution in [2.75, 3.05) is 5.32 Å². The first kappa shape index (κ1) is 14.4. The second kappa shape index (κ2) is 5.35. The van der Waals surface area contributed by atoms with Crippen LogP contribution in [0.4, 0.5) is 14.5 Å². The third kappa shape index (κ3) is 2.29. The number of benzene rings is 2. The average Bonchev–Trinajstić information content (AvgIpc) is 2.53. The minimum atomic E-state index is -1.07. The minimum Gasteiger partial charge on any atom is -0.351 e. The van der Waals surface area contributed by atoms with Gasteiger partial charge < -0.3 is 5.32 Å². The monoisotopic (exact) mass is 319 g/mol. The molecule has 0 heterocycles.